The minimum absolute atomic E-state index is 0.107. The largest absolute Gasteiger partial charge is 0.465 e. The van der Waals surface area contributed by atoms with Crippen LogP contribution in [0.25, 0.3) is 4.85 Å². The fourth-order valence-electron chi connectivity index (χ4n) is 1.05. The van der Waals surface area contributed by atoms with Crippen LogP contribution in [0, 0.1) is 6.57 Å². The molecule has 0 bridgehead atoms. The van der Waals surface area contributed by atoms with Crippen molar-refractivity contribution in [1.29, 1.82) is 0 Å². The van der Waals surface area contributed by atoms with Crippen LogP contribution in [0.4, 0.5) is 14.5 Å². The fraction of sp³-hybridized carbons (Fsp3) is 0.200. The Morgan fingerprint density at radius 2 is 2.19 bits per heavy atom. The maximum absolute atomic E-state index is 11.9. The summed E-state index contributed by atoms with van der Waals surface area (Å²) in [5, 5.41) is 0. The van der Waals surface area contributed by atoms with Crippen molar-refractivity contribution in [2.45, 2.75) is 6.61 Å². The Balaban J connectivity index is 3.08. The second kappa shape index (κ2) is 5.07. The number of hydrogen-bond donors (Lipinski definition) is 0. The fourth-order valence-corrected chi connectivity index (χ4v) is 1.05. The summed E-state index contributed by atoms with van der Waals surface area (Å²) in [5.41, 5.74) is -0.0571. The van der Waals surface area contributed by atoms with Crippen LogP contribution < -0.4 is 4.74 Å². The highest BCUT2D eigenvalue weighted by atomic mass is 19.3. The summed E-state index contributed by atoms with van der Waals surface area (Å²) >= 11 is 0. The summed E-state index contributed by atoms with van der Waals surface area (Å²) in [6.45, 7) is 3.76. The average Bonchev–Trinajstić information content (AvgIpc) is 2.27. The minimum Gasteiger partial charge on any atom is -0.465 e. The van der Waals surface area contributed by atoms with E-state index in [-0.39, 0.29) is 17.0 Å². The molecule has 0 aliphatic carbocycles. The predicted octanol–water partition coefficient (Wildman–Crippen LogP) is 2.63. The van der Waals surface area contributed by atoms with E-state index in [0.29, 0.717) is 0 Å². The molecule has 0 fully saturated rings. The van der Waals surface area contributed by atoms with E-state index in [2.05, 4.69) is 14.3 Å². The highest BCUT2D eigenvalue weighted by Gasteiger charge is 2.13. The summed E-state index contributed by atoms with van der Waals surface area (Å²) in [5.74, 6) is -0.911. The molecule has 0 spiro atoms. The van der Waals surface area contributed by atoms with Crippen molar-refractivity contribution >= 4 is 11.7 Å². The lowest BCUT2D eigenvalue weighted by Gasteiger charge is -2.07. The molecule has 0 atom stereocenters. The van der Waals surface area contributed by atoms with Crippen molar-refractivity contribution in [2.75, 3.05) is 7.11 Å². The third-order valence-electron chi connectivity index (χ3n) is 1.72. The number of ether oxygens (including phenoxy) is 2. The van der Waals surface area contributed by atoms with Crippen molar-refractivity contribution in [3.63, 3.8) is 0 Å². The Hall–Kier alpha value is -2.16. The first-order chi connectivity index (χ1) is 7.58. The first kappa shape index (κ1) is 11.9. The molecule has 0 aliphatic heterocycles. The van der Waals surface area contributed by atoms with Gasteiger partial charge in [-0.05, 0) is 18.2 Å². The zero-order valence-electron chi connectivity index (χ0n) is 8.24. The topological polar surface area (TPSA) is 39.9 Å². The third-order valence-corrected chi connectivity index (χ3v) is 1.72. The monoisotopic (exact) mass is 227 g/mol. The van der Waals surface area contributed by atoms with Gasteiger partial charge in [0.05, 0.1) is 13.7 Å². The van der Waals surface area contributed by atoms with Gasteiger partial charge < -0.3 is 9.47 Å². The Labute approximate surface area is 90.2 Å². The zero-order chi connectivity index (χ0) is 12.1. The lowest BCUT2D eigenvalue weighted by atomic mass is 10.2. The molecule has 0 amide bonds. The lowest BCUT2D eigenvalue weighted by Crippen LogP contribution is -2.04. The molecule has 0 aliphatic rings. The van der Waals surface area contributed by atoms with Gasteiger partial charge in [0, 0.05) is 5.56 Å². The van der Waals surface area contributed by atoms with Crippen molar-refractivity contribution in [2.24, 2.45) is 0 Å². The molecule has 1 aromatic rings. The van der Waals surface area contributed by atoms with Gasteiger partial charge >= 0.3 is 12.6 Å². The lowest BCUT2D eigenvalue weighted by molar-refractivity contribution is -0.0492. The normalized spacial score (nSPS) is 9.69. The number of carbonyl (C=O) groups excluding carboxylic acids is 1. The van der Waals surface area contributed by atoms with Crippen LogP contribution in [0.15, 0.2) is 18.2 Å². The molecular formula is C10H7F2NO3. The van der Waals surface area contributed by atoms with Gasteiger partial charge in [0.25, 0.3) is 0 Å². The van der Waals surface area contributed by atoms with E-state index < -0.39 is 12.6 Å². The number of carbonyl (C=O) groups is 1. The van der Waals surface area contributed by atoms with E-state index in [1.807, 2.05) is 0 Å². The molecule has 1 rings (SSSR count). The highest BCUT2D eigenvalue weighted by Crippen LogP contribution is 2.30. The van der Waals surface area contributed by atoms with Gasteiger partial charge in [0.2, 0.25) is 5.69 Å². The van der Waals surface area contributed by atoms with Crippen molar-refractivity contribution in [3.05, 3.63) is 35.2 Å². The first-order valence-electron chi connectivity index (χ1n) is 4.13. The van der Waals surface area contributed by atoms with Crippen LogP contribution >= 0.6 is 0 Å². The van der Waals surface area contributed by atoms with Gasteiger partial charge in [-0.2, -0.15) is 8.78 Å². The second-order valence-electron chi connectivity index (χ2n) is 2.66. The van der Waals surface area contributed by atoms with E-state index in [9.17, 15) is 13.6 Å². The van der Waals surface area contributed by atoms with Gasteiger partial charge in [0.1, 0.15) is 5.75 Å². The number of benzene rings is 1. The van der Waals surface area contributed by atoms with E-state index in [1.165, 1.54) is 13.2 Å². The molecule has 0 aromatic heterocycles. The first-order valence-corrected chi connectivity index (χ1v) is 4.13. The van der Waals surface area contributed by atoms with Crippen molar-refractivity contribution in [3.8, 4) is 5.75 Å². The summed E-state index contributed by atoms with van der Waals surface area (Å²) in [4.78, 5) is 14.1. The van der Waals surface area contributed by atoms with Crippen molar-refractivity contribution in [1.82, 2.24) is 0 Å². The maximum atomic E-state index is 11.9. The Morgan fingerprint density at radius 3 is 2.69 bits per heavy atom. The molecular weight excluding hydrogens is 220 g/mol. The molecule has 0 saturated heterocycles. The molecule has 0 unspecified atom stereocenters. The van der Waals surface area contributed by atoms with Gasteiger partial charge in [0.15, 0.2) is 0 Å². The van der Waals surface area contributed by atoms with Crippen LogP contribution in [0.5, 0.6) is 5.75 Å². The summed E-state index contributed by atoms with van der Waals surface area (Å²) in [7, 11) is 1.18. The molecule has 6 heteroatoms. The third kappa shape index (κ3) is 2.67. The quantitative estimate of drug-likeness (QED) is 0.588. The van der Waals surface area contributed by atoms with Gasteiger partial charge in [-0.25, -0.2) is 9.64 Å². The van der Waals surface area contributed by atoms with Crippen LogP contribution in [0.2, 0.25) is 0 Å². The molecule has 1 aromatic carbocycles. The van der Waals surface area contributed by atoms with E-state index in [1.54, 1.807) is 0 Å². The molecule has 16 heavy (non-hydrogen) atoms. The van der Waals surface area contributed by atoms with Crippen LogP contribution in [0.3, 0.4) is 0 Å². The predicted molar refractivity (Wildman–Crippen MR) is 50.7 cm³/mol. The molecule has 4 nitrogen and oxygen atoms in total. The molecule has 0 N–H and O–H groups in total. The summed E-state index contributed by atoms with van der Waals surface area (Å²) in [6, 6.07) is 3.51. The Bertz CT molecular complexity index is 440. The number of alkyl halides is 2. The molecule has 84 valence electrons. The number of nitrogens with zero attached hydrogens (tertiary/aromatic N) is 1. The number of rotatable bonds is 3. The number of esters is 1. The standard InChI is InChI=1S/C10H7F2NO3/c1-13-7-5-6(9(14)15-2)3-4-8(7)16-10(11)12/h3-5,10H,2H3. The molecule has 0 radical (unpaired) electrons. The number of halogens is 2. The van der Waals surface area contributed by atoms with Crippen LogP contribution in [-0.4, -0.2) is 19.7 Å². The van der Waals surface area contributed by atoms with Crippen LogP contribution in [0.1, 0.15) is 10.4 Å². The smallest absolute Gasteiger partial charge is 0.386 e. The molecule has 0 saturated carbocycles. The second-order valence-corrected chi connectivity index (χ2v) is 2.66. The molecule has 0 heterocycles. The van der Waals surface area contributed by atoms with E-state index in [4.69, 9.17) is 6.57 Å². The zero-order valence-corrected chi connectivity index (χ0v) is 8.24. The number of hydrogen-bond acceptors (Lipinski definition) is 3. The Morgan fingerprint density at radius 1 is 1.50 bits per heavy atom. The average molecular weight is 227 g/mol. The Kier molecular flexibility index (Phi) is 3.78. The SMILES string of the molecule is [C-]#[N+]c1cc(C(=O)OC)ccc1OC(F)F. The van der Waals surface area contributed by atoms with Crippen LogP contribution in [-0.2, 0) is 4.74 Å². The van der Waals surface area contributed by atoms with E-state index >= 15 is 0 Å². The summed E-state index contributed by atoms with van der Waals surface area (Å²) in [6.07, 6.45) is 0. The van der Waals surface area contributed by atoms with Gasteiger partial charge in [-0.1, -0.05) is 0 Å². The van der Waals surface area contributed by atoms with Gasteiger partial charge in [-0.3, -0.25) is 0 Å². The maximum Gasteiger partial charge on any atom is 0.386 e. The summed E-state index contributed by atoms with van der Waals surface area (Å²) < 4.78 is 32.4. The van der Waals surface area contributed by atoms with Gasteiger partial charge in [-0.15, -0.1) is 0 Å². The number of methoxy groups -OCH3 is 1. The van der Waals surface area contributed by atoms with E-state index in [0.717, 1.165) is 12.1 Å². The minimum atomic E-state index is -3.01. The highest BCUT2D eigenvalue weighted by molar-refractivity contribution is 5.91. The van der Waals surface area contributed by atoms with Crippen molar-refractivity contribution < 1.29 is 23.0 Å².